The molecule has 29 heavy (non-hydrogen) atoms. The van der Waals surface area contributed by atoms with E-state index in [9.17, 15) is 18.5 Å². The van der Waals surface area contributed by atoms with Crippen LogP contribution in [0, 0.1) is 11.3 Å². The summed E-state index contributed by atoms with van der Waals surface area (Å²) < 4.78 is 32.9. The molecular formula is C20H20N4O4S. The van der Waals surface area contributed by atoms with E-state index in [1.165, 1.54) is 12.1 Å². The highest BCUT2D eigenvalue weighted by atomic mass is 32.2. The smallest absolute Gasteiger partial charge is 0.404 e. The highest BCUT2D eigenvalue weighted by Gasteiger charge is 2.18. The van der Waals surface area contributed by atoms with Crippen molar-refractivity contribution in [2.75, 3.05) is 11.3 Å². The van der Waals surface area contributed by atoms with Crippen molar-refractivity contribution in [2.45, 2.75) is 24.7 Å². The molecule has 9 heteroatoms. The van der Waals surface area contributed by atoms with Gasteiger partial charge in [-0.15, -0.1) is 0 Å². The lowest BCUT2D eigenvalue weighted by Crippen LogP contribution is -2.15. The summed E-state index contributed by atoms with van der Waals surface area (Å²) in [6, 6.07) is 11.9. The molecule has 1 amide bonds. The SMILES string of the molecule is CCc1ccc(NS(=O)(=O)c2ccc(CCOC(N)=O)cc2)c2[nH]cc(C#N)c12. The van der Waals surface area contributed by atoms with Crippen LogP contribution in [0.5, 0.6) is 0 Å². The van der Waals surface area contributed by atoms with Gasteiger partial charge < -0.3 is 15.5 Å². The van der Waals surface area contributed by atoms with Gasteiger partial charge in [0.2, 0.25) is 0 Å². The first-order valence-electron chi connectivity index (χ1n) is 8.92. The van der Waals surface area contributed by atoms with Crippen molar-refractivity contribution in [3.05, 3.63) is 59.3 Å². The third-order valence-electron chi connectivity index (χ3n) is 4.54. The first kappa shape index (κ1) is 20.2. The van der Waals surface area contributed by atoms with Gasteiger partial charge in [-0.2, -0.15) is 5.26 Å². The van der Waals surface area contributed by atoms with E-state index in [2.05, 4.69) is 20.5 Å². The fourth-order valence-corrected chi connectivity index (χ4v) is 4.17. The quantitative estimate of drug-likeness (QED) is 0.547. The summed E-state index contributed by atoms with van der Waals surface area (Å²) >= 11 is 0. The average molecular weight is 412 g/mol. The second kappa shape index (κ2) is 8.24. The molecule has 0 radical (unpaired) electrons. The van der Waals surface area contributed by atoms with Gasteiger partial charge in [0.05, 0.1) is 28.3 Å². The number of hydrogen-bond acceptors (Lipinski definition) is 5. The van der Waals surface area contributed by atoms with Crippen LogP contribution < -0.4 is 10.5 Å². The average Bonchev–Trinajstić information content (AvgIpc) is 3.13. The third-order valence-corrected chi connectivity index (χ3v) is 5.92. The summed E-state index contributed by atoms with van der Waals surface area (Å²) in [4.78, 5) is 13.7. The summed E-state index contributed by atoms with van der Waals surface area (Å²) in [7, 11) is -3.83. The summed E-state index contributed by atoms with van der Waals surface area (Å²) in [5.41, 5.74) is 8.10. The van der Waals surface area contributed by atoms with Gasteiger partial charge in [-0.05, 0) is 35.7 Å². The van der Waals surface area contributed by atoms with Crippen LogP contribution in [0.2, 0.25) is 0 Å². The van der Waals surface area contributed by atoms with E-state index < -0.39 is 16.1 Å². The number of benzene rings is 2. The highest BCUT2D eigenvalue weighted by molar-refractivity contribution is 7.92. The molecule has 0 fully saturated rings. The molecule has 0 unspecified atom stereocenters. The van der Waals surface area contributed by atoms with Gasteiger partial charge in [-0.3, -0.25) is 4.72 Å². The number of rotatable bonds is 7. The van der Waals surface area contributed by atoms with Gasteiger partial charge in [-0.1, -0.05) is 25.1 Å². The van der Waals surface area contributed by atoms with Gasteiger partial charge in [0.25, 0.3) is 10.0 Å². The number of aromatic amines is 1. The lowest BCUT2D eigenvalue weighted by Gasteiger charge is -2.11. The normalized spacial score (nSPS) is 11.2. The Bertz CT molecular complexity index is 1190. The van der Waals surface area contributed by atoms with E-state index >= 15 is 0 Å². The molecule has 0 spiro atoms. The number of hydrogen-bond donors (Lipinski definition) is 3. The predicted octanol–water partition coefficient (Wildman–Crippen LogP) is 3.04. The number of primary amides is 1. The predicted molar refractivity (Wildman–Crippen MR) is 109 cm³/mol. The minimum Gasteiger partial charge on any atom is -0.449 e. The van der Waals surface area contributed by atoms with E-state index in [0.717, 1.165) is 22.9 Å². The van der Waals surface area contributed by atoms with Crippen molar-refractivity contribution in [3.63, 3.8) is 0 Å². The van der Waals surface area contributed by atoms with E-state index in [-0.39, 0.29) is 11.5 Å². The molecule has 0 aliphatic heterocycles. The number of carbonyl (C=O) groups excluding carboxylic acids is 1. The van der Waals surface area contributed by atoms with Crippen molar-refractivity contribution in [1.82, 2.24) is 4.98 Å². The summed E-state index contributed by atoms with van der Waals surface area (Å²) in [5, 5.41) is 10.0. The molecule has 0 saturated carbocycles. The number of carbonyl (C=O) groups is 1. The first-order valence-corrected chi connectivity index (χ1v) is 10.4. The van der Waals surface area contributed by atoms with Crippen molar-refractivity contribution in [1.29, 1.82) is 5.26 Å². The molecule has 1 heterocycles. The van der Waals surface area contributed by atoms with Crippen molar-refractivity contribution >= 4 is 32.7 Å². The fraction of sp³-hybridized carbons (Fsp3) is 0.200. The maximum atomic E-state index is 12.8. The lowest BCUT2D eigenvalue weighted by molar-refractivity contribution is 0.158. The minimum atomic E-state index is -3.83. The van der Waals surface area contributed by atoms with Gasteiger partial charge in [0.15, 0.2) is 0 Å². The maximum absolute atomic E-state index is 12.8. The molecule has 0 aliphatic rings. The van der Waals surface area contributed by atoms with Crippen LogP contribution in [-0.4, -0.2) is 26.1 Å². The Labute approximate surface area is 168 Å². The van der Waals surface area contributed by atoms with E-state index in [1.54, 1.807) is 24.4 Å². The Balaban J connectivity index is 1.85. The Kier molecular flexibility index (Phi) is 5.75. The number of aromatic nitrogens is 1. The number of nitriles is 1. The maximum Gasteiger partial charge on any atom is 0.404 e. The molecule has 3 aromatic rings. The lowest BCUT2D eigenvalue weighted by atomic mass is 10.0. The second-order valence-corrected chi connectivity index (χ2v) is 8.04. The van der Waals surface area contributed by atoms with Gasteiger partial charge in [0, 0.05) is 18.0 Å². The summed E-state index contributed by atoms with van der Waals surface area (Å²) in [6.07, 6.45) is 1.87. The minimum absolute atomic E-state index is 0.0943. The Hall–Kier alpha value is -3.51. The van der Waals surface area contributed by atoms with Crippen molar-refractivity contribution in [2.24, 2.45) is 5.73 Å². The largest absolute Gasteiger partial charge is 0.449 e. The van der Waals surface area contributed by atoms with E-state index in [1.807, 2.05) is 13.0 Å². The number of anilines is 1. The molecule has 3 rings (SSSR count). The zero-order chi connectivity index (χ0) is 21.0. The molecule has 0 bridgehead atoms. The van der Waals surface area contributed by atoms with Crippen molar-refractivity contribution < 1.29 is 17.9 Å². The number of fused-ring (bicyclic) bond motifs is 1. The Morgan fingerprint density at radius 2 is 1.97 bits per heavy atom. The fourth-order valence-electron chi connectivity index (χ4n) is 3.10. The topological polar surface area (TPSA) is 138 Å². The van der Waals surface area contributed by atoms with Crippen LogP contribution in [0.1, 0.15) is 23.6 Å². The van der Waals surface area contributed by atoms with Crippen LogP contribution in [0.3, 0.4) is 0 Å². The zero-order valence-corrected chi connectivity index (χ0v) is 16.5. The molecule has 4 N–H and O–H groups in total. The molecule has 8 nitrogen and oxygen atoms in total. The van der Waals surface area contributed by atoms with E-state index in [0.29, 0.717) is 23.2 Å². The van der Waals surface area contributed by atoms with E-state index in [4.69, 9.17) is 5.73 Å². The number of H-pyrrole nitrogens is 1. The monoisotopic (exact) mass is 412 g/mol. The third kappa shape index (κ3) is 4.33. The summed E-state index contributed by atoms with van der Waals surface area (Å²) in [5.74, 6) is 0. The number of nitrogens with two attached hydrogens (primary N) is 1. The van der Waals surface area contributed by atoms with Gasteiger partial charge in [0.1, 0.15) is 6.07 Å². The number of ether oxygens (including phenoxy) is 1. The van der Waals surface area contributed by atoms with Crippen LogP contribution >= 0.6 is 0 Å². The Morgan fingerprint density at radius 3 is 2.59 bits per heavy atom. The second-order valence-electron chi connectivity index (χ2n) is 6.36. The number of nitrogens with one attached hydrogen (secondary N) is 2. The molecule has 150 valence electrons. The van der Waals surface area contributed by atoms with Crippen LogP contribution in [0.4, 0.5) is 10.5 Å². The van der Waals surface area contributed by atoms with Gasteiger partial charge in [-0.25, -0.2) is 13.2 Å². The molecule has 0 saturated heterocycles. The van der Waals surface area contributed by atoms with Gasteiger partial charge >= 0.3 is 6.09 Å². The molecular weight excluding hydrogens is 392 g/mol. The van der Waals surface area contributed by atoms with Crippen LogP contribution in [0.25, 0.3) is 10.9 Å². The first-order chi connectivity index (χ1) is 13.9. The molecule has 0 aliphatic carbocycles. The molecule has 2 aromatic carbocycles. The van der Waals surface area contributed by atoms with Crippen LogP contribution in [-0.2, 0) is 27.6 Å². The standard InChI is InChI=1S/C20H20N4O4S/c1-2-14-5-8-17(19-18(14)15(11-21)12-23-19)24-29(26,27)16-6-3-13(4-7-16)9-10-28-20(22)25/h3-8,12,23-24H,2,9-10H2,1H3,(H2,22,25). The molecule has 0 atom stereocenters. The summed E-state index contributed by atoms with van der Waals surface area (Å²) in [6.45, 7) is 2.10. The number of nitrogens with zero attached hydrogens (tertiary/aromatic N) is 1. The Morgan fingerprint density at radius 1 is 1.24 bits per heavy atom. The molecule has 1 aromatic heterocycles. The highest BCUT2D eigenvalue weighted by Crippen LogP contribution is 2.30. The number of amides is 1. The number of sulfonamides is 1. The van der Waals surface area contributed by atoms with Crippen molar-refractivity contribution in [3.8, 4) is 6.07 Å². The van der Waals surface area contributed by atoms with Crippen LogP contribution in [0.15, 0.2) is 47.5 Å². The number of aryl methyl sites for hydroxylation is 1. The zero-order valence-electron chi connectivity index (χ0n) is 15.7.